The van der Waals surface area contributed by atoms with Gasteiger partial charge in [0.25, 0.3) is 0 Å². The van der Waals surface area contributed by atoms with Crippen molar-refractivity contribution in [1.82, 2.24) is 15.6 Å². The highest BCUT2D eigenvalue weighted by molar-refractivity contribution is 7.80. The third-order valence-corrected chi connectivity index (χ3v) is 5.62. The molecule has 4 heteroatoms. The maximum absolute atomic E-state index is 5.15. The van der Waals surface area contributed by atoms with Gasteiger partial charge in [0.15, 0.2) is 5.11 Å². The maximum atomic E-state index is 5.15. The molecule has 1 fully saturated rings. The summed E-state index contributed by atoms with van der Waals surface area (Å²) in [6.45, 7) is 7.92. The van der Waals surface area contributed by atoms with E-state index >= 15 is 0 Å². The molecule has 1 aliphatic rings. The third kappa shape index (κ3) is 2.50. The lowest BCUT2D eigenvalue weighted by Crippen LogP contribution is -2.33. The van der Waals surface area contributed by atoms with Crippen molar-refractivity contribution in [1.29, 1.82) is 0 Å². The number of rotatable bonds is 4. The van der Waals surface area contributed by atoms with Crippen LogP contribution in [0.5, 0.6) is 0 Å². The molecule has 1 heterocycles. The Balaban J connectivity index is 1.79. The van der Waals surface area contributed by atoms with Gasteiger partial charge in [-0.25, -0.2) is 0 Å². The lowest BCUT2D eigenvalue weighted by molar-refractivity contribution is 0.527. The van der Waals surface area contributed by atoms with E-state index in [-0.39, 0.29) is 0 Å². The first kappa shape index (κ1) is 15.3. The first-order valence-corrected chi connectivity index (χ1v) is 8.40. The normalized spacial score (nSPS) is 22.5. The minimum absolute atomic E-state index is 0.360. The second-order valence-corrected chi connectivity index (χ2v) is 7.32. The number of aromatic amines is 1. The molecule has 1 aliphatic carbocycles. The van der Waals surface area contributed by atoms with E-state index in [0.29, 0.717) is 17.3 Å². The molecule has 0 bridgehead atoms. The molecule has 3 N–H and O–H groups in total. The minimum Gasteiger partial charge on any atom is -0.366 e. The molecule has 1 saturated carbocycles. The van der Waals surface area contributed by atoms with Crippen molar-refractivity contribution < 1.29 is 0 Å². The van der Waals surface area contributed by atoms with E-state index in [1.165, 1.54) is 22.2 Å². The van der Waals surface area contributed by atoms with Gasteiger partial charge in [0, 0.05) is 30.2 Å². The number of aromatic nitrogens is 1. The maximum Gasteiger partial charge on any atom is 0.166 e. The molecule has 2 atom stereocenters. The standard InChI is InChI=1S/C18H25N3S/c1-11-15(12-7-5-6-8-14(12)21-11)16-13(18(16,2)3)9-10-20-17(22)19-4/h5-8,13,16,21H,9-10H2,1-4H3,(H2,19,20,22)/t13-,16+/m0/s1. The quantitative estimate of drug-likeness (QED) is 0.753. The van der Waals surface area contributed by atoms with Gasteiger partial charge in [0.1, 0.15) is 0 Å². The molecular formula is C18H25N3S. The number of nitrogens with one attached hydrogen (secondary N) is 3. The SMILES string of the molecule is CNC(=S)NCC[C@H]1[C@H](c2c(C)[nH]c3ccccc23)C1(C)C. The van der Waals surface area contributed by atoms with Crippen LogP contribution in [-0.4, -0.2) is 23.7 Å². The Morgan fingerprint density at radius 3 is 2.77 bits per heavy atom. The second-order valence-electron chi connectivity index (χ2n) is 6.91. The zero-order chi connectivity index (χ0) is 15.9. The predicted molar refractivity (Wildman–Crippen MR) is 97.3 cm³/mol. The van der Waals surface area contributed by atoms with Crippen LogP contribution in [0, 0.1) is 18.3 Å². The molecule has 0 aliphatic heterocycles. The van der Waals surface area contributed by atoms with E-state index in [9.17, 15) is 0 Å². The number of H-pyrrole nitrogens is 1. The van der Waals surface area contributed by atoms with E-state index < -0.39 is 0 Å². The molecule has 22 heavy (non-hydrogen) atoms. The van der Waals surface area contributed by atoms with Crippen LogP contribution in [0.2, 0.25) is 0 Å². The minimum atomic E-state index is 0.360. The molecule has 118 valence electrons. The van der Waals surface area contributed by atoms with Crippen LogP contribution in [0.15, 0.2) is 24.3 Å². The molecule has 0 amide bonds. The molecule has 0 radical (unpaired) electrons. The summed E-state index contributed by atoms with van der Waals surface area (Å²) in [5, 5.41) is 8.36. The zero-order valence-electron chi connectivity index (χ0n) is 13.8. The summed E-state index contributed by atoms with van der Waals surface area (Å²) in [4.78, 5) is 3.54. The van der Waals surface area contributed by atoms with E-state index in [1.54, 1.807) is 0 Å². The second kappa shape index (κ2) is 5.58. The van der Waals surface area contributed by atoms with Crippen molar-refractivity contribution in [2.24, 2.45) is 11.3 Å². The summed E-state index contributed by atoms with van der Waals surface area (Å²) >= 11 is 5.15. The Morgan fingerprint density at radius 1 is 1.32 bits per heavy atom. The number of benzene rings is 1. The number of hydrogen-bond donors (Lipinski definition) is 3. The molecule has 2 aromatic rings. The zero-order valence-corrected chi connectivity index (χ0v) is 14.6. The highest BCUT2D eigenvalue weighted by Crippen LogP contribution is 2.67. The Bertz CT molecular complexity index is 701. The van der Waals surface area contributed by atoms with Crippen molar-refractivity contribution in [3.05, 3.63) is 35.5 Å². The highest BCUT2D eigenvalue weighted by atomic mass is 32.1. The van der Waals surface area contributed by atoms with E-state index in [1.807, 2.05) is 7.05 Å². The van der Waals surface area contributed by atoms with Crippen LogP contribution in [0.1, 0.15) is 37.4 Å². The average molecular weight is 315 g/mol. The molecule has 0 spiro atoms. The molecule has 3 nitrogen and oxygen atoms in total. The van der Waals surface area contributed by atoms with Gasteiger partial charge >= 0.3 is 0 Å². The Hall–Kier alpha value is -1.55. The molecule has 1 aromatic heterocycles. The molecule has 0 saturated heterocycles. The Morgan fingerprint density at radius 2 is 2.05 bits per heavy atom. The van der Waals surface area contributed by atoms with Gasteiger partial charge in [-0.05, 0) is 54.4 Å². The summed E-state index contributed by atoms with van der Waals surface area (Å²) < 4.78 is 0. The van der Waals surface area contributed by atoms with Crippen LogP contribution >= 0.6 is 12.2 Å². The number of para-hydroxylation sites is 1. The van der Waals surface area contributed by atoms with Gasteiger partial charge < -0.3 is 15.6 Å². The van der Waals surface area contributed by atoms with Crippen LogP contribution in [-0.2, 0) is 0 Å². The van der Waals surface area contributed by atoms with Gasteiger partial charge in [-0.2, -0.15) is 0 Å². The van der Waals surface area contributed by atoms with E-state index in [0.717, 1.165) is 18.1 Å². The number of fused-ring (bicyclic) bond motifs is 1. The summed E-state index contributed by atoms with van der Waals surface area (Å²) in [5.41, 5.74) is 4.45. The van der Waals surface area contributed by atoms with E-state index in [4.69, 9.17) is 12.2 Å². The molecular weight excluding hydrogens is 290 g/mol. The summed E-state index contributed by atoms with van der Waals surface area (Å²) in [5.74, 6) is 1.34. The number of hydrogen-bond acceptors (Lipinski definition) is 1. The fourth-order valence-corrected chi connectivity index (χ4v) is 4.09. The smallest absolute Gasteiger partial charge is 0.166 e. The Labute approximate surface area is 137 Å². The molecule has 3 rings (SSSR count). The summed E-state index contributed by atoms with van der Waals surface area (Å²) in [6, 6.07) is 8.65. The fourth-order valence-electron chi connectivity index (χ4n) is 3.98. The first-order chi connectivity index (χ1) is 10.5. The summed E-state index contributed by atoms with van der Waals surface area (Å²) in [6.07, 6.45) is 1.15. The van der Waals surface area contributed by atoms with Gasteiger partial charge in [-0.3, -0.25) is 0 Å². The van der Waals surface area contributed by atoms with Gasteiger partial charge in [-0.1, -0.05) is 32.0 Å². The summed E-state index contributed by atoms with van der Waals surface area (Å²) in [7, 11) is 1.86. The average Bonchev–Trinajstić information content (AvgIpc) is 2.86. The van der Waals surface area contributed by atoms with Gasteiger partial charge in [0.05, 0.1) is 0 Å². The highest BCUT2D eigenvalue weighted by Gasteiger charge is 2.58. The predicted octanol–water partition coefficient (Wildman–Crippen LogP) is 3.70. The van der Waals surface area contributed by atoms with Crippen molar-refractivity contribution in [2.45, 2.75) is 33.1 Å². The number of aryl methyl sites for hydroxylation is 1. The van der Waals surface area contributed by atoms with Gasteiger partial charge in [0.2, 0.25) is 0 Å². The van der Waals surface area contributed by atoms with E-state index in [2.05, 4.69) is 60.7 Å². The number of thiocarbonyl (C=S) groups is 1. The lowest BCUT2D eigenvalue weighted by atomic mass is 10.0. The third-order valence-electron chi connectivity index (χ3n) is 5.27. The van der Waals surface area contributed by atoms with Crippen molar-refractivity contribution in [3.8, 4) is 0 Å². The Kier molecular flexibility index (Phi) is 3.89. The van der Waals surface area contributed by atoms with Crippen LogP contribution in [0.25, 0.3) is 10.9 Å². The monoisotopic (exact) mass is 315 g/mol. The topological polar surface area (TPSA) is 39.8 Å². The molecule has 1 aromatic carbocycles. The first-order valence-electron chi connectivity index (χ1n) is 7.99. The van der Waals surface area contributed by atoms with Gasteiger partial charge in [-0.15, -0.1) is 0 Å². The van der Waals surface area contributed by atoms with Crippen molar-refractivity contribution >= 4 is 28.2 Å². The van der Waals surface area contributed by atoms with Crippen LogP contribution in [0.4, 0.5) is 0 Å². The molecule has 0 unspecified atom stereocenters. The van der Waals surface area contributed by atoms with Crippen molar-refractivity contribution in [2.75, 3.05) is 13.6 Å². The van der Waals surface area contributed by atoms with Crippen molar-refractivity contribution in [3.63, 3.8) is 0 Å². The van der Waals surface area contributed by atoms with Crippen LogP contribution < -0.4 is 10.6 Å². The largest absolute Gasteiger partial charge is 0.366 e. The lowest BCUT2D eigenvalue weighted by Gasteiger charge is -2.07. The van der Waals surface area contributed by atoms with Crippen LogP contribution in [0.3, 0.4) is 0 Å². The fraction of sp³-hybridized carbons (Fsp3) is 0.500.